The molecule has 7 aliphatic rings. The van der Waals surface area contributed by atoms with Crippen molar-refractivity contribution in [3.05, 3.63) is 0 Å². The fourth-order valence-electron chi connectivity index (χ4n) is 12.7. The second-order valence-corrected chi connectivity index (χ2v) is 15.9. The molecule has 35 heavy (non-hydrogen) atoms. The van der Waals surface area contributed by atoms with E-state index in [2.05, 4.69) is 34.6 Å². The fourth-order valence-corrected chi connectivity index (χ4v) is 12.7. The van der Waals surface area contributed by atoms with Gasteiger partial charge in [0.25, 0.3) is 0 Å². The Labute approximate surface area is 211 Å². The van der Waals surface area contributed by atoms with Crippen LogP contribution in [0.15, 0.2) is 0 Å². The first-order chi connectivity index (χ1) is 16.1. The molecule has 2 bridgehead atoms. The normalized spacial score (nSPS) is 65.3. The van der Waals surface area contributed by atoms with Crippen LogP contribution in [0.5, 0.6) is 0 Å². The van der Waals surface area contributed by atoms with E-state index in [-0.39, 0.29) is 39.8 Å². The van der Waals surface area contributed by atoms with Gasteiger partial charge in [-0.05, 0) is 105 Å². The van der Waals surface area contributed by atoms with E-state index in [0.717, 1.165) is 38.5 Å². The summed E-state index contributed by atoms with van der Waals surface area (Å²) in [7, 11) is 0. The van der Waals surface area contributed by atoms with Crippen molar-refractivity contribution in [2.24, 2.45) is 50.7 Å². The second-order valence-electron chi connectivity index (χ2n) is 15.9. The van der Waals surface area contributed by atoms with Gasteiger partial charge in [-0.15, -0.1) is 0 Å². The molecule has 5 nitrogen and oxygen atoms in total. The lowest BCUT2D eigenvalue weighted by Crippen LogP contribution is -2.70. The molecule has 198 valence electrons. The first kappa shape index (κ1) is 23.9. The fraction of sp³-hybridized carbons (Fsp3) is 1.00. The van der Waals surface area contributed by atoms with Crippen molar-refractivity contribution >= 4 is 0 Å². The van der Waals surface area contributed by atoms with E-state index in [4.69, 9.17) is 9.47 Å². The maximum absolute atomic E-state index is 12.5. The summed E-state index contributed by atoms with van der Waals surface area (Å²) >= 11 is 0. The standard InChI is InChI=1S/C30H48O5/c1-16-14-17-22(32)25(4,5)35-30(34-17)21(16)26(6)12-13-29-15-28(29)11-10-20(31)24(2,3)18(28)8-9-19(29)27(26,7)23(30)33/h16-23,31-33H,8-15H2,1-7H3/t16-,17?,18?,19?,20+,21?,22+,23-,26-,27-,28-,29+,30+/m1/s1. The van der Waals surface area contributed by atoms with Gasteiger partial charge >= 0.3 is 0 Å². The minimum atomic E-state index is -1.04. The molecule has 4 unspecified atom stereocenters. The highest BCUT2D eigenvalue weighted by atomic mass is 16.7. The van der Waals surface area contributed by atoms with E-state index in [1.165, 1.54) is 12.8 Å². The van der Waals surface area contributed by atoms with Crippen molar-refractivity contribution in [2.45, 2.75) is 136 Å². The molecular weight excluding hydrogens is 440 g/mol. The number of rotatable bonds is 0. The average Bonchev–Trinajstić information content (AvgIpc) is 3.41. The largest absolute Gasteiger partial charge is 0.393 e. The van der Waals surface area contributed by atoms with Gasteiger partial charge in [0.05, 0.1) is 17.8 Å². The van der Waals surface area contributed by atoms with Crippen LogP contribution in [0.1, 0.15) is 99.8 Å². The molecule has 7 rings (SSSR count). The molecular formula is C30H48O5. The summed E-state index contributed by atoms with van der Waals surface area (Å²) in [5, 5.41) is 34.5. The van der Waals surface area contributed by atoms with Gasteiger partial charge in [-0.1, -0.05) is 34.6 Å². The zero-order valence-electron chi connectivity index (χ0n) is 22.9. The van der Waals surface area contributed by atoms with Crippen LogP contribution in [0.4, 0.5) is 0 Å². The topological polar surface area (TPSA) is 79.2 Å². The van der Waals surface area contributed by atoms with E-state index in [0.29, 0.717) is 23.2 Å². The third-order valence-corrected chi connectivity index (χ3v) is 14.3. The first-order valence-electron chi connectivity index (χ1n) is 14.6. The van der Waals surface area contributed by atoms with Crippen LogP contribution >= 0.6 is 0 Å². The number of fused-ring (bicyclic) bond motifs is 4. The highest BCUT2D eigenvalue weighted by Gasteiger charge is 2.87. The average molecular weight is 489 g/mol. The predicted octanol–water partition coefficient (Wildman–Crippen LogP) is 4.66. The summed E-state index contributed by atoms with van der Waals surface area (Å²) < 4.78 is 13.5. The highest BCUT2D eigenvalue weighted by molar-refractivity contribution is 5.34. The van der Waals surface area contributed by atoms with Gasteiger partial charge in [0, 0.05) is 11.3 Å². The molecule has 7 fully saturated rings. The molecule has 13 atom stereocenters. The first-order valence-corrected chi connectivity index (χ1v) is 14.6. The van der Waals surface area contributed by atoms with Gasteiger partial charge in [0.1, 0.15) is 12.2 Å². The predicted molar refractivity (Wildman–Crippen MR) is 132 cm³/mol. The van der Waals surface area contributed by atoms with E-state index in [1.807, 2.05) is 13.8 Å². The lowest BCUT2D eigenvalue weighted by molar-refractivity contribution is -0.430. The third-order valence-electron chi connectivity index (χ3n) is 14.3. The zero-order chi connectivity index (χ0) is 25.2. The molecule has 2 heterocycles. The number of aliphatic hydroxyl groups is 3. The minimum Gasteiger partial charge on any atom is -0.393 e. The molecule has 0 radical (unpaired) electrons. The van der Waals surface area contributed by atoms with Crippen LogP contribution in [0.25, 0.3) is 0 Å². The number of ether oxygens (including phenoxy) is 2. The van der Waals surface area contributed by atoms with E-state index in [9.17, 15) is 15.3 Å². The maximum atomic E-state index is 12.5. The van der Waals surface area contributed by atoms with Crippen molar-refractivity contribution in [1.29, 1.82) is 0 Å². The summed E-state index contributed by atoms with van der Waals surface area (Å²) in [4.78, 5) is 0. The Balaban J connectivity index is 1.35. The molecule has 2 saturated heterocycles. The molecule has 0 amide bonds. The maximum Gasteiger partial charge on any atom is 0.199 e. The van der Waals surface area contributed by atoms with Gasteiger partial charge in [0.2, 0.25) is 0 Å². The molecule has 0 aromatic carbocycles. The third kappa shape index (κ3) is 2.27. The van der Waals surface area contributed by atoms with Crippen molar-refractivity contribution < 1.29 is 24.8 Å². The van der Waals surface area contributed by atoms with Gasteiger partial charge in [-0.25, -0.2) is 0 Å². The Morgan fingerprint density at radius 2 is 1.46 bits per heavy atom. The van der Waals surface area contributed by atoms with Crippen LogP contribution in [0.2, 0.25) is 0 Å². The molecule has 3 spiro atoms. The Morgan fingerprint density at radius 3 is 2.17 bits per heavy atom. The second kappa shape index (κ2) is 6.33. The van der Waals surface area contributed by atoms with E-state index in [1.54, 1.807) is 0 Å². The van der Waals surface area contributed by atoms with Crippen molar-refractivity contribution in [3.63, 3.8) is 0 Å². The van der Waals surface area contributed by atoms with Crippen LogP contribution in [0, 0.1) is 50.7 Å². The van der Waals surface area contributed by atoms with Crippen LogP contribution in [-0.4, -0.2) is 51.1 Å². The Bertz CT molecular complexity index is 962. The molecule has 5 aliphatic carbocycles. The summed E-state index contributed by atoms with van der Waals surface area (Å²) in [5.41, 5.74) is -0.558. The zero-order valence-corrected chi connectivity index (χ0v) is 22.9. The van der Waals surface area contributed by atoms with Crippen LogP contribution in [-0.2, 0) is 9.47 Å². The molecule has 2 aliphatic heterocycles. The quantitative estimate of drug-likeness (QED) is 0.462. The molecule has 5 saturated carbocycles. The number of hydrogen-bond acceptors (Lipinski definition) is 5. The monoisotopic (exact) mass is 488 g/mol. The Kier molecular flexibility index (Phi) is 4.32. The van der Waals surface area contributed by atoms with E-state index < -0.39 is 23.6 Å². The molecule has 5 heteroatoms. The molecule has 0 aromatic heterocycles. The van der Waals surface area contributed by atoms with Crippen molar-refractivity contribution in [3.8, 4) is 0 Å². The molecule has 0 aromatic rings. The smallest absolute Gasteiger partial charge is 0.199 e. The Morgan fingerprint density at radius 1 is 0.800 bits per heavy atom. The number of aliphatic hydroxyl groups excluding tert-OH is 3. The summed E-state index contributed by atoms with van der Waals surface area (Å²) in [6.45, 7) is 15.7. The highest BCUT2D eigenvalue weighted by Crippen LogP contribution is 2.90. The van der Waals surface area contributed by atoms with Gasteiger partial charge in [0.15, 0.2) is 5.79 Å². The molecule has 3 N–H and O–H groups in total. The Hall–Kier alpha value is -0.200. The van der Waals surface area contributed by atoms with Gasteiger partial charge in [-0.2, -0.15) is 0 Å². The van der Waals surface area contributed by atoms with Crippen molar-refractivity contribution in [2.75, 3.05) is 0 Å². The lowest BCUT2D eigenvalue weighted by Gasteiger charge is -2.63. The summed E-state index contributed by atoms with van der Waals surface area (Å²) in [5.74, 6) is 0.414. The SMILES string of the molecule is C[C@@H]1CC2O[C@]3(OC(C)(C)[C@H]2O)C1[C@@]1(C)CC[C@@]24C[C@@]25CC[C@H](O)C(C)(C)C5CCC4[C@]1(C)[C@H]3O. The number of hydrogen-bond donors (Lipinski definition) is 3. The minimum absolute atomic E-state index is 0.0349. The van der Waals surface area contributed by atoms with Crippen LogP contribution in [0.3, 0.4) is 0 Å². The van der Waals surface area contributed by atoms with Crippen LogP contribution < -0.4 is 0 Å². The van der Waals surface area contributed by atoms with Gasteiger partial charge < -0.3 is 24.8 Å². The lowest BCUT2D eigenvalue weighted by atomic mass is 9.41. The van der Waals surface area contributed by atoms with Crippen molar-refractivity contribution in [1.82, 2.24) is 0 Å². The summed E-state index contributed by atoms with van der Waals surface area (Å²) in [6.07, 6.45) is 6.87. The summed E-state index contributed by atoms with van der Waals surface area (Å²) in [6, 6.07) is 0. The van der Waals surface area contributed by atoms with E-state index >= 15 is 0 Å². The van der Waals surface area contributed by atoms with Gasteiger partial charge in [-0.3, -0.25) is 0 Å².